The van der Waals surface area contributed by atoms with Gasteiger partial charge < -0.3 is 19.4 Å². The lowest BCUT2D eigenvalue weighted by atomic mass is 10.3. The molecule has 0 aliphatic carbocycles. The molecule has 0 bridgehead atoms. The summed E-state index contributed by atoms with van der Waals surface area (Å²) in [7, 11) is -2.48. The van der Waals surface area contributed by atoms with Crippen LogP contribution in [0.3, 0.4) is 0 Å². The molecule has 0 aliphatic heterocycles. The van der Waals surface area contributed by atoms with E-state index in [1.54, 1.807) is 0 Å². The molecular formula is C9H13N2O6S-. The monoisotopic (exact) mass is 277 g/mol. The molecule has 0 aromatic heterocycles. The molecule has 18 heavy (non-hydrogen) atoms. The second-order valence-electron chi connectivity index (χ2n) is 3.19. The molecule has 0 atom stereocenters. The van der Waals surface area contributed by atoms with Crippen LogP contribution in [0.4, 0.5) is 5.69 Å². The van der Waals surface area contributed by atoms with Gasteiger partial charge in [0, 0.05) is 13.7 Å². The van der Waals surface area contributed by atoms with Crippen molar-refractivity contribution in [3.63, 3.8) is 0 Å². The maximum absolute atomic E-state index is 11.4. The van der Waals surface area contributed by atoms with E-state index in [1.807, 2.05) is 0 Å². The van der Waals surface area contributed by atoms with Crippen molar-refractivity contribution in [1.82, 2.24) is 4.72 Å². The van der Waals surface area contributed by atoms with Crippen LogP contribution in [-0.4, -0.2) is 33.9 Å². The Labute approximate surface area is 105 Å². The third-order valence-electron chi connectivity index (χ3n) is 1.85. The molecule has 0 aliphatic rings. The Morgan fingerprint density at radius 2 is 2.00 bits per heavy atom. The quantitative estimate of drug-likeness (QED) is 0.542. The van der Waals surface area contributed by atoms with Gasteiger partial charge in [-0.3, -0.25) is 5.21 Å². The highest BCUT2D eigenvalue weighted by atomic mass is 32.2. The Balaban J connectivity index is 2.61. The SMILES string of the molecule is COCCNS(=O)(=O)Oc1ccc(N([O-])O)cc1. The number of hydrogen-bond acceptors (Lipinski definition) is 7. The molecule has 0 unspecified atom stereocenters. The summed E-state index contributed by atoms with van der Waals surface area (Å²) in [5, 5.41) is 18.7. The zero-order valence-electron chi connectivity index (χ0n) is 9.57. The summed E-state index contributed by atoms with van der Waals surface area (Å²) < 4.78 is 34.3. The van der Waals surface area contributed by atoms with Crippen molar-refractivity contribution in [1.29, 1.82) is 0 Å². The highest BCUT2D eigenvalue weighted by Gasteiger charge is 2.11. The zero-order valence-corrected chi connectivity index (χ0v) is 10.4. The van der Waals surface area contributed by atoms with Crippen LogP contribution < -0.4 is 14.1 Å². The lowest BCUT2D eigenvalue weighted by Gasteiger charge is -2.21. The van der Waals surface area contributed by atoms with Crippen LogP contribution in [0.25, 0.3) is 0 Å². The Kier molecular flexibility index (Phi) is 5.31. The predicted molar refractivity (Wildman–Crippen MR) is 63.5 cm³/mol. The smallest absolute Gasteiger partial charge is 0.382 e. The molecule has 1 aromatic rings. The molecule has 0 saturated heterocycles. The Morgan fingerprint density at radius 3 is 2.50 bits per heavy atom. The molecule has 0 radical (unpaired) electrons. The molecule has 0 amide bonds. The van der Waals surface area contributed by atoms with Crippen molar-refractivity contribution in [2.24, 2.45) is 0 Å². The maximum Gasteiger partial charge on any atom is 0.382 e. The summed E-state index contributed by atoms with van der Waals surface area (Å²) in [6, 6.07) is 4.91. The minimum absolute atomic E-state index is 0.0190. The lowest BCUT2D eigenvalue weighted by molar-refractivity contribution is 0.203. The van der Waals surface area contributed by atoms with E-state index < -0.39 is 10.3 Å². The minimum Gasteiger partial charge on any atom is -0.733 e. The Bertz CT molecular complexity index is 458. The van der Waals surface area contributed by atoms with Gasteiger partial charge in [0.1, 0.15) is 5.75 Å². The summed E-state index contributed by atoms with van der Waals surface area (Å²) in [4.78, 5) is 0. The van der Waals surface area contributed by atoms with Crippen molar-refractivity contribution < 1.29 is 22.5 Å². The standard InChI is InChI=1S/C9H13N2O6S/c1-16-7-6-10-18(14,15)17-9-4-2-8(3-5-9)11(12)13/h2-5,10,12H,6-7H2,1H3/q-1. The van der Waals surface area contributed by atoms with Gasteiger partial charge in [0.25, 0.3) is 0 Å². The van der Waals surface area contributed by atoms with E-state index in [4.69, 9.17) is 5.21 Å². The van der Waals surface area contributed by atoms with Crippen LogP contribution in [0.2, 0.25) is 0 Å². The van der Waals surface area contributed by atoms with E-state index in [0.717, 1.165) is 0 Å². The van der Waals surface area contributed by atoms with Gasteiger partial charge in [-0.05, 0) is 24.3 Å². The Morgan fingerprint density at radius 1 is 1.39 bits per heavy atom. The van der Waals surface area contributed by atoms with Gasteiger partial charge in [-0.15, -0.1) is 0 Å². The van der Waals surface area contributed by atoms with Crippen molar-refractivity contribution >= 4 is 16.0 Å². The number of anilines is 1. The number of nitrogens with one attached hydrogen (secondary N) is 1. The fourth-order valence-electron chi connectivity index (χ4n) is 1.05. The average molecular weight is 277 g/mol. The van der Waals surface area contributed by atoms with Crippen LogP contribution in [0.15, 0.2) is 24.3 Å². The summed E-state index contributed by atoms with van der Waals surface area (Å²) >= 11 is 0. The Hall–Kier alpha value is -1.39. The normalized spacial score (nSPS) is 11.3. The van der Waals surface area contributed by atoms with Crippen molar-refractivity contribution in [2.75, 3.05) is 25.5 Å². The number of methoxy groups -OCH3 is 1. The molecule has 0 spiro atoms. The van der Waals surface area contributed by atoms with Crippen LogP contribution >= 0.6 is 0 Å². The molecule has 1 aromatic carbocycles. The van der Waals surface area contributed by atoms with Gasteiger partial charge in [-0.2, -0.15) is 13.1 Å². The molecule has 0 saturated carbocycles. The first kappa shape index (κ1) is 14.7. The zero-order chi connectivity index (χ0) is 13.6. The number of ether oxygens (including phenoxy) is 1. The van der Waals surface area contributed by atoms with E-state index in [0.29, 0.717) is 0 Å². The predicted octanol–water partition coefficient (Wildman–Crippen LogP) is 0.240. The largest absolute Gasteiger partial charge is 0.733 e. The fraction of sp³-hybridized carbons (Fsp3) is 0.333. The average Bonchev–Trinajstić information content (AvgIpc) is 2.29. The second kappa shape index (κ2) is 6.52. The maximum atomic E-state index is 11.4. The van der Waals surface area contributed by atoms with Gasteiger partial charge in [0.05, 0.1) is 12.3 Å². The first-order valence-corrected chi connectivity index (χ1v) is 6.29. The molecule has 8 nitrogen and oxygen atoms in total. The van der Waals surface area contributed by atoms with Crippen LogP contribution in [0.5, 0.6) is 5.75 Å². The fourth-order valence-corrected chi connectivity index (χ4v) is 1.81. The lowest BCUT2D eigenvalue weighted by Crippen LogP contribution is -2.31. The first-order valence-electron chi connectivity index (χ1n) is 4.89. The number of nitrogens with zero attached hydrogens (tertiary/aromatic N) is 1. The van der Waals surface area contributed by atoms with Crippen molar-refractivity contribution in [2.45, 2.75) is 0 Å². The van der Waals surface area contributed by atoms with Crippen molar-refractivity contribution in [3.8, 4) is 5.75 Å². The topological polar surface area (TPSA) is 111 Å². The van der Waals surface area contributed by atoms with E-state index in [1.165, 1.54) is 31.4 Å². The third-order valence-corrected chi connectivity index (χ3v) is 2.82. The summed E-state index contributed by atoms with van der Waals surface area (Å²) in [5.74, 6) is 0.0190. The molecule has 2 N–H and O–H groups in total. The highest BCUT2D eigenvalue weighted by Crippen LogP contribution is 2.18. The van der Waals surface area contributed by atoms with Crippen LogP contribution in [0, 0.1) is 5.21 Å². The second-order valence-corrected chi connectivity index (χ2v) is 4.56. The van der Waals surface area contributed by atoms with E-state index >= 15 is 0 Å². The van der Waals surface area contributed by atoms with Gasteiger partial charge >= 0.3 is 10.3 Å². The molecule has 0 heterocycles. The van der Waals surface area contributed by atoms with E-state index in [2.05, 4.69) is 13.6 Å². The van der Waals surface area contributed by atoms with Gasteiger partial charge in [-0.25, -0.2) is 0 Å². The number of benzene rings is 1. The van der Waals surface area contributed by atoms with Gasteiger partial charge in [0.2, 0.25) is 0 Å². The molecule has 102 valence electrons. The molecule has 1 rings (SSSR count). The summed E-state index contributed by atoms with van der Waals surface area (Å²) in [6.45, 7) is 0.305. The molecular weight excluding hydrogens is 264 g/mol. The van der Waals surface area contributed by atoms with Crippen molar-refractivity contribution in [3.05, 3.63) is 29.5 Å². The highest BCUT2D eigenvalue weighted by molar-refractivity contribution is 7.85. The number of hydrogen-bond donors (Lipinski definition) is 2. The van der Waals surface area contributed by atoms with Gasteiger partial charge in [-0.1, -0.05) is 0 Å². The van der Waals surface area contributed by atoms with E-state index in [9.17, 15) is 13.6 Å². The molecule has 0 fully saturated rings. The van der Waals surface area contributed by atoms with Crippen LogP contribution in [-0.2, 0) is 15.0 Å². The third kappa shape index (κ3) is 4.85. The minimum atomic E-state index is -3.92. The summed E-state index contributed by atoms with van der Waals surface area (Å²) in [5.41, 5.74) is -0.0351. The van der Waals surface area contributed by atoms with Crippen LogP contribution in [0.1, 0.15) is 0 Å². The van der Waals surface area contributed by atoms with E-state index in [-0.39, 0.29) is 29.8 Å². The molecule has 9 heteroatoms. The van der Waals surface area contributed by atoms with Gasteiger partial charge in [0.15, 0.2) is 0 Å². The first-order chi connectivity index (χ1) is 8.44. The number of rotatable bonds is 7. The summed E-state index contributed by atoms with van der Waals surface area (Å²) in [6.07, 6.45) is 0.